The summed E-state index contributed by atoms with van der Waals surface area (Å²) in [7, 11) is -3.20. The number of nitrogens with zero attached hydrogens (tertiary/aromatic N) is 4. The minimum atomic E-state index is -3.20. The molecule has 8 nitrogen and oxygen atoms in total. The van der Waals surface area contributed by atoms with E-state index in [-0.39, 0.29) is 11.3 Å². The van der Waals surface area contributed by atoms with Gasteiger partial charge in [-0.15, -0.1) is 5.10 Å². The van der Waals surface area contributed by atoms with Gasteiger partial charge in [0.25, 0.3) is 0 Å². The minimum absolute atomic E-state index is 0.0634. The number of para-hydroxylation sites is 1. The summed E-state index contributed by atoms with van der Waals surface area (Å²) in [5.41, 5.74) is 2.92. The van der Waals surface area contributed by atoms with Crippen molar-refractivity contribution in [3.63, 3.8) is 0 Å². The fourth-order valence-electron chi connectivity index (χ4n) is 3.96. The van der Waals surface area contributed by atoms with Crippen LogP contribution in [0.5, 0.6) is 0 Å². The zero-order valence-corrected chi connectivity index (χ0v) is 19.3. The van der Waals surface area contributed by atoms with Gasteiger partial charge in [0.2, 0.25) is 10.0 Å². The second-order valence-electron chi connectivity index (χ2n) is 8.64. The fourth-order valence-corrected chi connectivity index (χ4v) is 4.93. The van der Waals surface area contributed by atoms with Crippen LogP contribution >= 0.6 is 0 Å². The van der Waals surface area contributed by atoms with Crippen LogP contribution < -0.4 is 10.0 Å². The lowest BCUT2D eigenvalue weighted by Crippen LogP contribution is -2.41. The summed E-state index contributed by atoms with van der Waals surface area (Å²) in [6.45, 7) is 4.31. The van der Waals surface area contributed by atoms with Crippen molar-refractivity contribution in [2.75, 3.05) is 11.9 Å². The SMILES string of the molecule is CC(C)S(=O)(=O)N[C@H]1CC[C@H](CNc2ccc(-c3nnnn3-c3ccccc3)cc2)CC1. The summed E-state index contributed by atoms with van der Waals surface area (Å²) >= 11 is 0. The van der Waals surface area contributed by atoms with Gasteiger partial charge in [-0.1, -0.05) is 18.2 Å². The van der Waals surface area contributed by atoms with E-state index >= 15 is 0 Å². The Morgan fingerprint density at radius 2 is 1.69 bits per heavy atom. The van der Waals surface area contributed by atoms with Crippen molar-refractivity contribution in [1.82, 2.24) is 24.9 Å². The predicted octanol–water partition coefficient (Wildman–Crippen LogP) is 3.63. The van der Waals surface area contributed by atoms with Crippen molar-refractivity contribution >= 4 is 15.7 Å². The maximum atomic E-state index is 12.1. The number of sulfonamides is 1. The van der Waals surface area contributed by atoms with E-state index in [1.165, 1.54) is 0 Å². The van der Waals surface area contributed by atoms with Crippen molar-refractivity contribution < 1.29 is 8.42 Å². The average Bonchev–Trinajstić information content (AvgIpc) is 3.29. The maximum absolute atomic E-state index is 12.1. The molecule has 32 heavy (non-hydrogen) atoms. The number of tetrazole rings is 1. The van der Waals surface area contributed by atoms with Gasteiger partial charge in [0.05, 0.1) is 10.9 Å². The van der Waals surface area contributed by atoms with Crippen LogP contribution in [0.25, 0.3) is 17.1 Å². The predicted molar refractivity (Wildman–Crippen MR) is 126 cm³/mol. The Morgan fingerprint density at radius 1 is 1.00 bits per heavy atom. The molecule has 1 heterocycles. The topological polar surface area (TPSA) is 102 Å². The lowest BCUT2D eigenvalue weighted by molar-refractivity contribution is 0.323. The van der Waals surface area contributed by atoms with Gasteiger partial charge < -0.3 is 5.32 Å². The fraction of sp³-hybridized carbons (Fsp3) is 0.435. The van der Waals surface area contributed by atoms with Crippen LogP contribution in [0.3, 0.4) is 0 Å². The van der Waals surface area contributed by atoms with Gasteiger partial charge in [-0.05, 0) is 92.3 Å². The molecular formula is C23H30N6O2S. The largest absolute Gasteiger partial charge is 0.385 e. The molecule has 3 aromatic rings. The van der Waals surface area contributed by atoms with Gasteiger partial charge in [-0.3, -0.25) is 0 Å². The van der Waals surface area contributed by atoms with E-state index in [1.54, 1.807) is 18.5 Å². The summed E-state index contributed by atoms with van der Waals surface area (Å²) in [6.07, 6.45) is 3.81. The highest BCUT2D eigenvalue weighted by Gasteiger charge is 2.26. The first-order valence-corrected chi connectivity index (χ1v) is 12.7. The highest BCUT2D eigenvalue weighted by Crippen LogP contribution is 2.26. The molecule has 0 saturated heterocycles. The third-order valence-electron chi connectivity index (χ3n) is 6.01. The van der Waals surface area contributed by atoms with Crippen molar-refractivity contribution in [1.29, 1.82) is 0 Å². The first-order chi connectivity index (χ1) is 15.4. The van der Waals surface area contributed by atoms with E-state index in [2.05, 4.69) is 25.6 Å². The van der Waals surface area contributed by atoms with Gasteiger partial charge in [0, 0.05) is 23.8 Å². The van der Waals surface area contributed by atoms with E-state index in [9.17, 15) is 8.42 Å². The Morgan fingerprint density at radius 3 is 2.34 bits per heavy atom. The molecule has 9 heteroatoms. The molecule has 1 fully saturated rings. The highest BCUT2D eigenvalue weighted by atomic mass is 32.2. The Balaban J connectivity index is 1.30. The van der Waals surface area contributed by atoms with Crippen molar-refractivity contribution in [2.45, 2.75) is 50.8 Å². The van der Waals surface area contributed by atoms with Crippen LogP contribution in [0.4, 0.5) is 5.69 Å². The molecule has 0 atom stereocenters. The van der Waals surface area contributed by atoms with E-state index in [0.717, 1.165) is 49.2 Å². The number of nitrogens with one attached hydrogen (secondary N) is 2. The molecule has 0 amide bonds. The standard InChI is InChI=1S/C23H30N6O2S/c1-17(2)32(30,31)26-21-12-8-18(9-13-21)16-24-20-14-10-19(11-15-20)23-25-27-28-29(23)22-6-4-3-5-7-22/h3-7,10-11,14-15,17-18,21,24,26H,8-9,12-13,16H2,1-2H3/t18-,21-. The first kappa shape index (κ1) is 22.4. The molecular weight excluding hydrogens is 424 g/mol. The summed E-state index contributed by atoms with van der Waals surface area (Å²) < 4.78 is 28.7. The molecule has 0 radical (unpaired) electrons. The Labute approximate surface area is 189 Å². The Hall–Kier alpha value is -2.78. The van der Waals surface area contributed by atoms with Gasteiger partial charge in [-0.2, -0.15) is 4.68 Å². The minimum Gasteiger partial charge on any atom is -0.385 e. The normalized spacial score (nSPS) is 19.2. The quantitative estimate of drug-likeness (QED) is 0.539. The molecule has 4 rings (SSSR count). The summed E-state index contributed by atoms with van der Waals surface area (Å²) in [5.74, 6) is 1.24. The Kier molecular flexibility index (Phi) is 6.86. The van der Waals surface area contributed by atoms with Gasteiger partial charge in [0.15, 0.2) is 5.82 Å². The monoisotopic (exact) mass is 454 g/mol. The number of anilines is 1. The van der Waals surface area contributed by atoms with E-state index in [1.807, 2.05) is 54.6 Å². The van der Waals surface area contributed by atoms with Crippen LogP contribution in [0.15, 0.2) is 54.6 Å². The molecule has 1 aliphatic carbocycles. The van der Waals surface area contributed by atoms with Crippen LogP contribution in [0.2, 0.25) is 0 Å². The van der Waals surface area contributed by atoms with Crippen LogP contribution in [0.1, 0.15) is 39.5 Å². The van der Waals surface area contributed by atoms with Crippen LogP contribution in [0, 0.1) is 5.92 Å². The molecule has 0 aliphatic heterocycles. The van der Waals surface area contributed by atoms with E-state index in [0.29, 0.717) is 11.7 Å². The zero-order chi connectivity index (χ0) is 22.6. The maximum Gasteiger partial charge on any atom is 0.214 e. The molecule has 1 aliphatic rings. The van der Waals surface area contributed by atoms with Crippen LogP contribution in [-0.4, -0.2) is 46.5 Å². The number of aromatic nitrogens is 4. The summed E-state index contributed by atoms with van der Waals surface area (Å²) in [6, 6.07) is 18.0. The summed E-state index contributed by atoms with van der Waals surface area (Å²) in [4.78, 5) is 0. The highest BCUT2D eigenvalue weighted by molar-refractivity contribution is 7.90. The van der Waals surface area contributed by atoms with Crippen molar-refractivity contribution in [3.8, 4) is 17.1 Å². The number of hydrogen-bond acceptors (Lipinski definition) is 6. The van der Waals surface area contributed by atoms with Gasteiger partial charge in [0.1, 0.15) is 0 Å². The molecule has 2 N–H and O–H groups in total. The van der Waals surface area contributed by atoms with Gasteiger partial charge in [-0.25, -0.2) is 13.1 Å². The number of benzene rings is 2. The molecule has 1 saturated carbocycles. The smallest absolute Gasteiger partial charge is 0.214 e. The number of hydrogen-bond donors (Lipinski definition) is 2. The Bertz CT molecular complexity index is 1100. The van der Waals surface area contributed by atoms with E-state index in [4.69, 9.17) is 0 Å². The van der Waals surface area contributed by atoms with Gasteiger partial charge >= 0.3 is 0 Å². The third-order valence-corrected chi connectivity index (χ3v) is 7.91. The van der Waals surface area contributed by atoms with Crippen molar-refractivity contribution in [3.05, 3.63) is 54.6 Å². The molecule has 0 spiro atoms. The molecule has 2 aromatic carbocycles. The molecule has 1 aromatic heterocycles. The second kappa shape index (κ2) is 9.79. The van der Waals surface area contributed by atoms with Crippen LogP contribution in [-0.2, 0) is 10.0 Å². The zero-order valence-electron chi connectivity index (χ0n) is 18.5. The lowest BCUT2D eigenvalue weighted by atomic mass is 9.86. The third kappa shape index (κ3) is 5.34. The average molecular weight is 455 g/mol. The summed E-state index contributed by atoms with van der Waals surface area (Å²) in [5, 5.41) is 15.3. The van der Waals surface area contributed by atoms with Crippen molar-refractivity contribution in [2.24, 2.45) is 5.92 Å². The second-order valence-corrected chi connectivity index (χ2v) is 10.9. The first-order valence-electron chi connectivity index (χ1n) is 11.1. The molecule has 0 bridgehead atoms. The lowest BCUT2D eigenvalue weighted by Gasteiger charge is -2.29. The molecule has 170 valence electrons. The molecule has 0 unspecified atom stereocenters. The number of rotatable bonds is 8. The van der Waals surface area contributed by atoms with E-state index < -0.39 is 10.0 Å².